The number of aliphatic imine (C=N–C) groups is 2. The number of halogens is 1. The van der Waals surface area contributed by atoms with E-state index in [1.54, 1.807) is 30.3 Å². The molecular formula is C19H16FN5O3. The average Bonchev–Trinajstić information content (AvgIpc) is 2.69. The molecule has 142 valence electrons. The minimum absolute atomic E-state index is 0.0785. The highest BCUT2D eigenvalue weighted by Crippen LogP contribution is 2.23. The molecule has 8 nitrogen and oxygen atoms in total. The van der Waals surface area contributed by atoms with Gasteiger partial charge < -0.3 is 20.2 Å². The van der Waals surface area contributed by atoms with E-state index in [0.717, 1.165) is 0 Å². The summed E-state index contributed by atoms with van der Waals surface area (Å²) in [5.74, 6) is 0.531. The number of anilines is 1. The predicted molar refractivity (Wildman–Crippen MR) is 104 cm³/mol. The van der Waals surface area contributed by atoms with E-state index < -0.39 is 6.17 Å². The lowest BCUT2D eigenvalue weighted by molar-refractivity contribution is 0.415. The number of benzene rings is 2. The van der Waals surface area contributed by atoms with E-state index in [0.29, 0.717) is 22.4 Å². The molecule has 0 aliphatic carbocycles. The van der Waals surface area contributed by atoms with Crippen LogP contribution in [0.1, 0.15) is 11.7 Å². The summed E-state index contributed by atoms with van der Waals surface area (Å²) in [7, 11) is 1.52. The van der Waals surface area contributed by atoms with Crippen LogP contribution in [-0.2, 0) is 0 Å². The molecule has 0 spiro atoms. The van der Waals surface area contributed by atoms with Gasteiger partial charge >= 0.3 is 0 Å². The third-order valence-corrected chi connectivity index (χ3v) is 4.15. The zero-order valence-electron chi connectivity index (χ0n) is 14.8. The molecule has 2 heterocycles. The second kappa shape index (κ2) is 7.03. The van der Waals surface area contributed by atoms with Crippen LogP contribution in [0.3, 0.4) is 0 Å². The number of fused-ring (bicyclic) bond motifs is 1. The number of guanidine groups is 2. The Morgan fingerprint density at radius 2 is 2.00 bits per heavy atom. The lowest BCUT2D eigenvalue weighted by Crippen LogP contribution is -2.44. The Labute approximate surface area is 158 Å². The Morgan fingerprint density at radius 1 is 1.21 bits per heavy atom. The van der Waals surface area contributed by atoms with Gasteiger partial charge in [-0.2, -0.15) is 0 Å². The van der Waals surface area contributed by atoms with E-state index >= 15 is 0 Å². The zero-order chi connectivity index (χ0) is 19.7. The molecule has 2 aromatic carbocycles. The highest BCUT2D eigenvalue weighted by Gasteiger charge is 2.22. The number of hydrogen-bond donors (Lipinski definition) is 3. The molecule has 1 aliphatic rings. The molecule has 1 aliphatic heterocycles. The number of nitrogens with one attached hydrogen (secondary N) is 2. The van der Waals surface area contributed by atoms with Gasteiger partial charge in [-0.1, -0.05) is 0 Å². The summed E-state index contributed by atoms with van der Waals surface area (Å²) < 4.78 is 23.8. The van der Waals surface area contributed by atoms with Crippen molar-refractivity contribution in [1.29, 1.82) is 0 Å². The van der Waals surface area contributed by atoms with Crippen molar-refractivity contribution in [3.05, 3.63) is 70.3 Å². The number of nitrogens with zero attached hydrogens (tertiary/aromatic N) is 2. The topological polar surface area (TPSA) is 114 Å². The minimum Gasteiger partial charge on any atom is -0.497 e. The molecular weight excluding hydrogens is 365 g/mol. The molecule has 1 aromatic heterocycles. The van der Waals surface area contributed by atoms with Crippen molar-refractivity contribution in [2.24, 2.45) is 15.7 Å². The molecule has 0 unspecified atom stereocenters. The fourth-order valence-corrected chi connectivity index (χ4v) is 2.77. The van der Waals surface area contributed by atoms with Crippen LogP contribution in [0.4, 0.5) is 10.1 Å². The number of ether oxygens (including phenoxy) is 1. The van der Waals surface area contributed by atoms with Crippen LogP contribution in [0, 0.1) is 5.82 Å². The highest BCUT2D eigenvalue weighted by molar-refractivity contribution is 6.06. The normalized spacial score (nSPS) is 16.1. The second-order valence-electron chi connectivity index (χ2n) is 6.00. The third-order valence-electron chi connectivity index (χ3n) is 4.15. The predicted octanol–water partition coefficient (Wildman–Crippen LogP) is 2.33. The van der Waals surface area contributed by atoms with Crippen LogP contribution in [0.15, 0.2) is 67.9 Å². The molecule has 0 fully saturated rings. The van der Waals surface area contributed by atoms with Crippen molar-refractivity contribution in [3.8, 4) is 5.75 Å². The van der Waals surface area contributed by atoms with Gasteiger partial charge in [0, 0.05) is 5.69 Å². The van der Waals surface area contributed by atoms with Crippen LogP contribution >= 0.6 is 0 Å². The van der Waals surface area contributed by atoms with Crippen molar-refractivity contribution in [2.45, 2.75) is 6.17 Å². The van der Waals surface area contributed by atoms with E-state index in [-0.39, 0.29) is 28.7 Å². The van der Waals surface area contributed by atoms with Gasteiger partial charge in [-0.3, -0.25) is 10.1 Å². The van der Waals surface area contributed by atoms with Crippen molar-refractivity contribution < 1.29 is 13.5 Å². The Bertz CT molecular complexity index is 1150. The van der Waals surface area contributed by atoms with Gasteiger partial charge in [0.2, 0.25) is 5.96 Å². The molecule has 0 bridgehead atoms. The first kappa shape index (κ1) is 17.5. The molecule has 4 rings (SSSR count). The SMILES string of the molecule is COc1ccc2occ([C@@H]3N=C(N)NC(Nc4ccc(F)cc4)=N3)c(=O)c2c1. The first-order valence-electron chi connectivity index (χ1n) is 8.33. The maximum Gasteiger partial charge on any atom is 0.205 e. The molecule has 1 atom stereocenters. The molecule has 28 heavy (non-hydrogen) atoms. The molecule has 3 aromatic rings. The Hall–Kier alpha value is -3.88. The summed E-state index contributed by atoms with van der Waals surface area (Å²) >= 11 is 0. The largest absolute Gasteiger partial charge is 0.497 e. The van der Waals surface area contributed by atoms with Crippen LogP contribution < -0.4 is 26.5 Å². The van der Waals surface area contributed by atoms with Crippen molar-refractivity contribution in [2.75, 3.05) is 12.4 Å². The number of hydrogen-bond acceptors (Lipinski definition) is 8. The first-order valence-corrected chi connectivity index (χ1v) is 8.33. The fraction of sp³-hybridized carbons (Fsp3) is 0.105. The quantitative estimate of drug-likeness (QED) is 0.642. The highest BCUT2D eigenvalue weighted by atomic mass is 19.1. The van der Waals surface area contributed by atoms with Crippen LogP contribution in [0.5, 0.6) is 5.75 Å². The van der Waals surface area contributed by atoms with E-state index in [2.05, 4.69) is 20.6 Å². The van der Waals surface area contributed by atoms with Crippen molar-refractivity contribution >= 4 is 28.6 Å². The lowest BCUT2D eigenvalue weighted by atomic mass is 10.1. The summed E-state index contributed by atoms with van der Waals surface area (Å²) in [5.41, 5.74) is 6.81. The molecule has 0 saturated heterocycles. The van der Waals surface area contributed by atoms with Crippen LogP contribution in [0.2, 0.25) is 0 Å². The van der Waals surface area contributed by atoms with Gasteiger partial charge in [-0.15, -0.1) is 0 Å². The van der Waals surface area contributed by atoms with Gasteiger partial charge in [-0.25, -0.2) is 14.4 Å². The van der Waals surface area contributed by atoms with Crippen molar-refractivity contribution in [3.63, 3.8) is 0 Å². The summed E-state index contributed by atoms with van der Waals surface area (Å²) in [6, 6.07) is 10.7. The second-order valence-corrected chi connectivity index (χ2v) is 6.00. The van der Waals surface area contributed by atoms with E-state index in [1.165, 1.54) is 25.5 Å². The number of nitrogens with two attached hydrogens (primary N) is 1. The van der Waals surface area contributed by atoms with Crippen molar-refractivity contribution in [1.82, 2.24) is 5.32 Å². The standard InChI is InChI=1S/C19H16FN5O3/c1-27-12-6-7-15-13(8-12)16(26)14(9-28-15)17-23-18(21)25-19(24-17)22-11-4-2-10(20)3-5-11/h2-9,17H,1H3,(H4,21,22,23,24,25)/t17-/m1/s1. The monoisotopic (exact) mass is 381 g/mol. The van der Waals surface area contributed by atoms with Gasteiger partial charge in [0.1, 0.15) is 23.4 Å². The number of methoxy groups -OCH3 is 1. The molecule has 0 saturated carbocycles. The Balaban J connectivity index is 1.71. The summed E-state index contributed by atoms with van der Waals surface area (Å²) in [5, 5.41) is 6.10. The molecule has 4 N–H and O–H groups in total. The smallest absolute Gasteiger partial charge is 0.205 e. The summed E-state index contributed by atoms with van der Waals surface area (Å²) in [6.45, 7) is 0. The van der Waals surface area contributed by atoms with E-state index in [1.807, 2.05) is 0 Å². The van der Waals surface area contributed by atoms with E-state index in [4.69, 9.17) is 14.9 Å². The van der Waals surface area contributed by atoms with Gasteiger partial charge in [0.05, 0.1) is 18.1 Å². The third kappa shape index (κ3) is 3.37. The lowest BCUT2D eigenvalue weighted by Gasteiger charge is -2.20. The molecule has 0 amide bonds. The Kier molecular flexibility index (Phi) is 4.40. The van der Waals surface area contributed by atoms with E-state index in [9.17, 15) is 9.18 Å². The fourth-order valence-electron chi connectivity index (χ4n) is 2.77. The molecule has 0 radical (unpaired) electrons. The maximum absolute atomic E-state index is 13.1. The number of rotatable bonds is 3. The van der Waals surface area contributed by atoms with Gasteiger partial charge in [-0.05, 0) is 42.5 Å². The summed E-state index contributed by atoms with van der Waals surface area (Å²) in [6.07, 6.45) is 0.430. The zero-order valence-corrected chi connectivity index (χ0v) is 14.8. The van der Waals surface area contributed by atoms with Crippen LogP contribution in [0.25, 0.3) is 11.0 Å². The maximum atomic E-state index is 13.1. The Morgan fingerprint density at radius 3 is 2.75 bits per heavy atom. The van der Waals surface area contributed by atoms with Gasteiger partial charge in [0.25, 0.3) is 0 Å². The van der Waals surface area contributed by atoms with Gasteiger partial charge in [0.15, 0.2) is 17.6 Å². The minimum atomic E-state index is -0.893. The molecule has 9 heteroatoms. The first-order chi connectivity index (χ1) is 13.5. The summed E-state index contributed by atoms with van der Waals surface area (Å²) in [4.78, 5) is 21.5. The van der Waals surface area contributed by atoms with Crippen LogP contribution in [-0.4, -0.2) is 19.0 Å². The average molecular weight is 381 g/mol.